The van der Waals surface area contributed by atoms with Gasteiger partial charge in [0.2, 0.25) is 12.7 Å². The molecule has 9 nitrogen and oxygen atoms in total. The Morgan fingerprint density at radius 1 is 1.30 bits per heavy atom. The molecule has 0 saturated carbocycles. The summed E-state index contributed by atoms with van der Waals surface area (Å²) in [4.78, 5) is 6.49. The van der Waals surface area contributed by atoms with Gasteiger partial charge in [-0.15, -0.1) is 5.10 Å². The van der Waals surface area contributed by atoms with Gasteiger partial charge in [-0.3, -0.25) is 0 Å². The van der Waals surface area contributed by atoms with Gasteiger partial charge in [0.05, 0.1) is 17.7 Å². The van der Waals surface area contributed by atoms with E-state index in [0.717, 1.165) is 17.1 Å². The minimum absolute atomic E-state index is 0.0709. The van der Waals surface area contributed by atoms with Gasteiger partial charge in [-0.2, -0.15) is 10.1 Å². The maximum Gasteiger partial charge on any atom is 0.244 e. The van der Waals surface area contributed by atoms with E-state index < -0.39 is 9.84 Å². The van der Waals surface area contributed by atoms with Crippen LogP contribution in [0.1, 0.15) is 18.9 Å². The molecule has 0 bridgehead atoms. The molecule has 0 spiro atoms. The average molecular weight is 391 g/mol. The number of aromatic nitrogens is 3. The van der Waals surface area contributed by atoms with Crippen LogP contribution in [-0.2, 0) is 16.4 Å². The van der Waals surface area contributed by atoms with E-state index in [1.807, 2.05) is 30.0 Å². The molecule has 2 aliphatic rings. The Morgan fingerprint density at radius 3 is 2.93 bits per heavy atom. The lowest BCUT2D eigenvalue weighted by Crippen LogP contribution is -2.37. The molecule has 0 amide bonds. The van der Waals surface area contributed by atoms with Crippen LogP contribution in [0.3, 0.4) is 0 Å². The van der Waals surface area contributed by atoms with Gasteiger partial charge in [0.1, 0.15) is 0 Å². The minimum atomic E-state index is -2.96. The summed E-state index contributed by atoms with van der Waals surface area (Å²) < 4.78 is 34.3. The van der Waals surface area contributed by atoms with Crippen molar-refractivity contribution in [3.05, 3.63) is 30.0 Å². The van der Waals surface area contributed by atoms with E-state index in [-0.39, 0.29) is 24.3 Å². The topological polar surface area (TPSA) is 107 Å². The molecule has 1 fully saturated rings. The van der Waals surface area contributed by atoms with Gasteiger partial charge in [-0.05, 0) is 31.0 Å². The summed E-state index contributed by atoms with van der Waals surface area (Å²) >= 11 is 0. The Labute approximate surface area is 157 Å². The summed E-state index contributed by atoms with van der Waals surface area (Å²) in [5, 5.41) is 11.2. The highest BCUT2D eigenvalue weighted by Gasteiger charge is 2.32. The van der Waals surface area contributed by atoms with Crippen LogP contribution in [0.25, 0.3) is 0 Å². The molecular formula is C17H21N5O4S. The molecule has 0 aliphatic carbocycles. The van der Waals surface area contributed by atoms with E-state index in [1.165, 1.54) is 0 Å². The van der Waals surface area contributed by atoms with Crippen LogP contribution in [0, 0.1) is 0 Å². The maximum atomic E-state index is 11.8. The molecule has 1 N–H and O–H groups in total. The molecule has 10 heteroatoms. The third-order valence-corrected chi connectivity index (χ3v) is 6.47. The van der Waals surface area contributed by atoms with E-state index >= 15 is 0 Å². The van der Waals surface area contributed by atoms with E-state index in [9.17, 15) is 8.42 Å². The largest absolute Gasteiger partial charge is 0.454 e. The number of sulfone groups is 1. The van der Waals surface area contributed by atoms with Gasteiger partial charge in [0.15, 0.2) is 27.2 Å². The molecule has 1 saturated heterocycles. The van der Waals surface area contributed by atoms with Crippen LogP contribution < -0.4 is 19.7 Å². The number of hydrogen-bond donors (Lipinski definition) is 1. The van der Waals surface area contributed by atoms with Crippen molar-refractivity contribution in [1.82, 2.24) is 15.2 Å². The van der Waals surface area contributed by atoms with Crippen LogP contribution in [0.2, 0.25) is 0 Å². The number of anilines is 2. The van der Waals surface area contributed by atoms with Crippen molar-refractivity contribution < 1.29 is 17.9 Å². The molecule has 0 radical (unpaired) electrons. The fourth-order valence-corrected chi connectivity index (χ4v) is 5.10. The first-order valence-corrected chi connectivity index (χ1v) is 10.7. The second kappa shape index (κ2) is 7.18. The first-order chi connectivity index (χ1) is 13.0. The molecule has 4 rings (SSSR count). The number of fused-ring (bicyclic) bond motifs is 1. The Morgan fingerprint density at radius 2 is 2.15 bits per heavy atom. The van der Waals surface area contributed by atoms with E-state index in [0.29, 0.717) is 31.3 Å². The smallest absolute Gasteiger partial charge is 0.244 e. The van der Waals surface area contributed by atoms with E-state index in [2.05, 4.69) is 20.5 Å². The molecule has 1 unspecified atom stereocenters. The third kappa shape index (κ3) is 3.90. The molecule has 27 heavy (non-hydrogen) atoms. The summed E-state index contributed by atoms with van der Waals surface area (Å²) in [6.45, 7) is 3.38. The second-order valence-electron chi connectivity index (χ2n) is 6.52. The van der Waals surface area contributed by atoms with Crippen molar-refractivity contribution in [2.75, 3.05) is 35.1 Å². The van der Waals surface area contributed by atoms with Crippen LogP contribution >= 0.6 is 0 Å². The highest BCUT2D eigenvalue weighted by Crippen LogP contribution is 2.32. The lowest BCUT2D eigenvalue weighted by molar-refractivity contribution is 0.174. The van der Waals surface area contributed by atoms with Crippen LogP contribution in [0.4, 0.5) is 11.8 Å². The fraction of sp³-hybridized carbons (Fsp3) is 0.471. The Hall–Kier alpha value is -2.62. The van der Waals surface area contributed by atoms with Gasteiger partial charge in [0, 0.05) is 19.1 Å². The monoisotopic (exact) mass is 391 g/mol. The van der Waals surface area contributed by atoms with E-state index in [4.69, 9.17) is 9.47 Å². The molecule has 2 aromatic rings. The fourth-order valence-electron chi connectivity index (χ4n) is 3.37. The summed E-state index contributed by atoms with van der Waals surface area (Å²) in [6.07, 6.45) is 2.18. The number of nitrogens with one attached hydrogen (secondary N) is 1. The molecular weight excluding hydrogens is 370 g/mol. The normalized spacial score (nSPS) is 19.8. The number of nitrogens with zero attached hydrogens (tertiary/aromatic N) is 4. The lowest BCUT2D eigenvalue weighted by atomic mass is 10.2. The number of rotatable bonds is 6. The van der Waals surface area contributed by atoms with Crippen molar-refractivity contribution in [2.45, 2.75) is 25.9 Å². The van der Waals surface area contributed by atoms with Crippen LogP contribution in [-0.4, -0.2) is 54.5 Å². The first kappa shape index (κ1) is 17.8. The Bertz CT molecular complexity index is 937. The Balaban J connectivity index is 1.45. The van der Waals surface area contributed by atoms with Gasteiger partial charge in [0.25, 0.3) is 0 Å². The summed E-state index contributed by atoms with van der Waals surface area (Å²) in [7, 11) is -2.96. The Kier molecular flexibility index (Phi) is 4.73. The van der Waals surface area contributed by atoms with Gasteiger partial charge >= 0.3 is 0 Å². The molecule has 1 aromatic carbocycles. The predicted molar refractivity (Wildman–Crippen MR) is 99.8 cm³/mol. The zero-order chi connectivity index (χ0) is 18.9. The standard InChI is InChI=1S/C17H21N5O4S/c1-2-22(13-5-6-27(23,24)10-13)16-9-19-21-17(20-16)18-8-12-3-4-14-15(7-12)26-11-25-14/h3-4,7,9,13H,2,5-6,8,10-11H2,1H3,(H,18,20,21). The average Bonchev–Trinajstić information content (AvgIpc) is 3.26. The van der Waals surface area contributed by atoms with Crippen molar-refractivity contribution in [1.29, 1.82) is 0 Å². The first-order valence-electron chi connectivity index (χ1n) is 8.83. The van der Waals surface area contributed by atoms with Crippen molar-refractivity contribution >= 4 is 21.6 Å². The quantitative estimate of drug-likeness (QED) is 0.778. The van der Waals surface area contributed by atoms with Gasteiger partial charge in [-0.25, -0.2) is 8.42 Å². The van der Waals surface area contributed by atoms with Crippen LogP contribution in [0.15, 0.2) is 24.4 Å². The highest BCUT2D eigenvalue weighted by atomic mass is 32.2. The van der Waals surface area contributed by atoms with Crippen LogP contribution in [0.5, 0.6) is 11.5 Å². The lowest BCUT2D eigenvalue weighted by Gasteiger charge is -2.27. The third-order valence-electron chi connectivity index (χ3n) is 4.72. The molecule has 3 heterocycles. The molecule has 1 aromatic heterocycles. The zero-order valence-electron chi connectivity index (χ0n) is 15.0. The molecule has 2 aliphatic heterocycles. The second-order valence-corrected chi connectivity index (χ2v) is 8.75. The summed E-state index contributed by atoms with van der Waals surface area (Å²) in [5.41, 5.74) is 1.00. The summed E-state index contributed by atoms with van der Waals surface area (Å²) in [5.74, 6) is 2.87. The SMILES string of the molecule is CCN(c1cnnc(NCc2ccc3c(c2)OCO3)n1)C1CCS(=O)(=O)C1. The number of ether oxygens (including phenoxy) is 2. The molecule has 1 atom stereocenters. The van der Waals surface area contributed by atoms with Crippen molar-refractivity contribution in [3.8, 4) is 11.5 Å². The molecule has 144 valence electrons. The van der Waals surface area contributed by atoms with Gasteiger partial charge in [-0.1, -0.05) is 6.07 Å². The van der Waals surface area contributed by atoms with Gasteiger partial charge < -0.3 is 19.7 Å². The van der Waals surface area contributed by atoms with Crippen molar-refractivity contribution in [2.24, 2.45) is 0 Å². The minimum Gasteiger partial charge on any atom is -0.454 e. The zero-order valence-corrected chi connectivity index (χ0v) is 15.8. The predicted octanol–water partition coefficient (Wildman–Crippen LogP) is 1.23. The summed E-state index contributed by atoms with van der Waals surface area (Å²) in [6, 6.07) is 5.65. The van der Waals surface area contributed by atoms with Crippen molar-refractivity contribution in [3.63, 3.8) is 0 Å². The highest BCUT2D eigenvalue weighted by molar-refractivity contribution is 7.91. The van der Waals surface area contributed by atoms with E-state index in [1.54, 1.807) is 6.20 Å². The maximum absolute atomic E-state index is 11.8. The number of hydrogen-bond acceptors (Lipinski definition) is 9. The number of benzene rings is 1.